The Hall–Kier alpha value is -3.27. The summed E-state index contributed by atoms with van der Waals surface area (Å²) in [6, 6.07) is 21.2. The number of hydrogen-bond donors (Lipinski definition) is 0. The first-order chi connectivity index (χ1) is 13.6. The largest absolute Gasteiger partial charge is 0.364 e. The van der Waals surface area contributed by atoms with Crippen LogP contribution >= 0.6 is 0 Å². The van der Waals surface area contributed by atoms with E-state index in [9.17, 15) is 8.78 Å². The van der Waals surface area contributed by atoms with E-state index in [1.165, 1.54) is 18.2 Å². The SMILES string of the molecule is CC(c1ccc(-c2nocc2Cc2ccc(F)cc2)cc1)c1ccccc1F. The zero-order valence-electron chi connectivity index (χ0n) is 15.4. The minimum Gasteiger partial charge on any atom is -0.364 e. The molecule has 1 unspecified atom stereocenters. The summed E-state index contributed by atoms with van der Waals surface area (Å²) in [6.45, 7) is 1.99. The van der Waals surface area contributed by atoms with Crippen LogP contribution in [0.3, 0.4) is 0 Å². The normalized spacial score (nSPS) is 12.1. The van der Waals surface area contributed by atoms with Gasteiger partial charge in [-0.3, -0.25) is 0 Å². The van der Waals surface area contributed by atoms with Gasteiger partial charge in [0.15, 0.2) is 0 Å². The maximum absolute atomic E-state index is 14.1. The summed E-state index contributed by atoms with van der Waals surface area (Å²) in [6.07, 6.45) is 2.22. The summed E-state index contributed by atoms with van der Waals surface area (Å²) < 4.78 is 32.4. The minimum atomic E-state index is -0.256. The van der Waals surface area contributed by atoms with Gasteiger partial charge in [0.1, 0.15) is 23.6 Å². The van der Waals surface area contributed by atoms with Crippen molar-refractivity contribution >= 4 is 0 Å². The zero-order chi connectivity index (χ0) is 19.5. The van der Waals surface area contributed by atoms with Crippen LogP contribution in [-0.4, -0.2) is 5.16 Å². The zero-order valence-corrected chi connectivity index (χ0v) is 15.4. The Morgan fingerprint density at radius 1 is 0.893 bits per heavy atom. The van der Waals surface area contributed by atoms with Crippen molar-refractivity contribution in [3.63, 3.8) is 0 Å². The first kappa shape index (κ1) is 18.1. The van der Waals surface area contributed by atoms with Gasteiger partial charge < -0.3 is 4.52 Å². The molecule has 2 nitrogen and oxygen atoms in total. The number of rotatable bonds is 5. The molecule has 0 aliphatic heterocycles. The topological polar surface area (TPSA) is 26.0 Å². The Balaban J connectivity index is 1.57. The van der Waals surface area contributed by atoms with Crippen molar-refractivity contribution in [3.05, 3.63) is 113 Å². The molecule has 0 spiro atoms. The average molecular weight is 375 g/mol. The van der Waals surface area contributed by atoms with E-state index in [2.05, 4.69) is 5.16 Å². The van der Waals surface area contributed by atoms with Crippen LogP contribution in [0, 0.1) is 11.6 Å². The Kier molecular flexibility index (Phi) is 5.02. The molecule has 28 heavy (non-hydrogen) atoms. The highest BCUT2D eigenvalue weighted by Gasteiger charge is 2.15. The first-order valence-electron chi connectivity index (χ1n) is 9.14. The highest BCUT2D eigenvalue weighted by molar-refractivity contribution is 5.63. The van der Waals surface area contributed by atoms with E-state index in [0.717, 1.165) is 27.9 Å². The third-order valence-electron chi connectivity index (χ3n) is 5.01. The summed E-state index contributed by atoms with van der Waals surface area (Å²) in [5.74, 6) is -0.503. The fourth-order valence-corrected chi connectivity index (χ4v) is 3.38. The van der Waals surface area contributed by atoms with Crippen LogP contribution in [0.15, 0.2) is 83.6 Å². The summed E-state index contributed by atoms with van der Waals surface area (Å²) in [5.41, 5.74) is 5.30. The molecule has 0 bridgehead atoms. The molecular weight excluding hydrogens is 356 g/mol. The van der Waals surface area contributed by atoms with E-state index in [1.807, 2.05) is 43.3 Å². The predicted molar refractivity (Wildman–Crippen MR) is 105 cm³/mol. The lowest BCUT2D eigenvalue weighted by atomic mass is 9.91. The fraction of sp³-hybridized carbons (Fsp3) is 0.125. The number of hydrogen-bond acceptors (Lipinski definition) is 2. The first-order valence-corrected chi connectivity index (χ1v) is 9.14. The summed E-state index contributed by atoms with van der Waals surface area (Å²) >= 11 is 0. The van der Waals surface area contributed by atoms with Crippen LogP contribution in [-0.2, 0) is 6.42 Å². The van der Waals surface area contributed by atoms with Crippen LogP contribution in [0.4, 0.5) is 8.78 Å². The van der Waals surface area contributed by atoms with Gasteiger partial charge in [0.25, 0.3) is 0 Å². The maximum atomic E-state index is 14.1. The van der Waals surface area contributed by atoms with Crippen molar-refractivity contribution in [2.45, 2.75) is 19.3 Å². The molecule has 0 radical (unpaired) electrons. The Morgan fingerprint density at radius 3 is 2.32 bits per heavy atom. The Bertz CT molecular complexity index is 1070. The molecule has 0 amide bonds. The quantitative estimate of drug-likeness (QED) is 0.405. The van der Waals surface area contributed by atoms with Gasteiger partial charge in [0, 0.05) is 23.5 Å². The highest BCUT2D eigenvalue weighted by Crippen LogP contribution is 2.30. The molecule has 4 heteroatoms. The van der Waals surface area contributed by atoms with Crippen molar-refractivity contribution in [1.29, 1.82) is 0 Å². The van der Waals surface area contributed by atoms with Crippen LogP contribution < -0.4 is 0 Å². The van der Waals surface area contributed by atoms with Crippen LogP contribution in [0.2, 0.25) is 0 Å². The molecule has 1 atom stereocenters. The fourth-order valence-electron chi connectivity index (χ4n) is 3.38. The summed E-state index contributed by atoms with van der Waals surface area (Å²) in [7, 11) is 0. The lowest BCUT2D eigenvalue weighted by Gasteiger charge is -2.14. The van der Waals surface area contributed by atoms with E-state index in [1.54, 1.807) is 24.5 Å². The number of halogens is 2. The Labute approximate surface area is 162 Å². The molecule has 0 saturated carbocycles. The van der Waals surface area contributed by atoms with Crippen LogP contribution in [0.5, 0.6) is 0 Å². The second-order valence-electron chi connectivity index (χ2n) is 6.86. The van der Waals surface area contributed by atoms with Gasteiger partial charge in [-0.25, -0.2) is 8.78 Å². The van der Waals surface area contributed by atoms with Gasteiger partial charge in [0.05, 0.1) is 0 Å². The minimum absolute atomic E-state index is 0.0498. The molecule has 0 N–H and O–H groups in total. The van der Waals surface area contributed by atoms with Crippen LogP contribution in [0.25, 0.3) is 11.3 Å². The third kappa shape index (κ3) is 3.72. The molecule has 0 saturated heterocycles. The van der Waals surface area contributed by atoms with E-state index in [4.69, 9.17) is 4.52 Å². The van der Waals surface area contributed by atoms with Crippen molar-refractivity contribution in [2.24, 2.45) is 0 Å². The van der Waals surface area contributed by atoms with Crippen molar-refractivity contribution in [1.82, 2.24) is 5.16 Å². The van der Waals surface area contributed by atoms with Gasteiger partial charge in [-0.15, -0.1) is 0 Å². The molecular formula is C24H19F2NO. The van der Waals surface area contributed by atoms with Crippen molar-refractivity contribution < 1.29 is 13.3 Å². The predicted octanol–water partition coefficient (Wildman–Crippen LogP) is 6.36. The smallest absolute Gasteiger partial charge is 0.127 e. The highest BCUT2D eigenvalue weighted by atomic mass is 19.1. The maximum Gasteiger partial charge on any atom is 0.127 e. The monoisotopic (exact) mass is 375 g/mol. The molecule has 4 rings (SSSR count). The van der Waals surface area contributed by atoms with Gasteiger partial charge in [-0.05, 0) is 34.9 Å². The van der Waals surface area contributed by atoms with Gasteiger partial charge in [-0.2, -0.15) is 0 Å². The van der Waals surface area contributed by atoms with E-state index in [-0.39, 0.29) is 17.6 Å². The molecule has 4 aromatic rings. The molecule has 1 heterocycles. The number of benzene rings is 3. The van der Waals surface area contributed by atoms with Gasteiger partial charge in [-0.1, -0.05) is 66.7 Å². The lowest BCUT2D eigenvalue weighted by Crippen LogP contribution is -1.99. The second kappa shape index (κ2) is 7.77. The third-order valence-corrected chi connectivity index (χ3v) is 5.01. The molecule has 1 aromatic heterocycles. The molecule has 0 aliphatic carbocycles. The molecule has 3 aromatic carbocycles. The van der Waals surface area contributed by atoms with Crippen LogP contribution in [0.1, 0.15) is 35.1 Å². The lowest BCUT2D eigenvalue weighted by molar-refractivity contribution is 0.421. The second-order valence-corrected chi connectivity index (χ2v) is 6.86. The van der Waals surface area contributed by atoms with E-state index < -0.39 is 0 Å². The number of aromatic nitrogens is 1. The standard InChI is InChI=1S/C24H19F2NO/c1-16(22-4-2-3-5-23(22)26)18-8-10-19(11-9-18)24-20(15-28-27-24)14-17-6-12-21(25)13-7-17/h2-13,15-16H,14H2,1H3. The van der Waals surface area contributed by atoms with E-state index in [0.29, 0.717) is 12.0 Å². The van der Waals surface area contributed by atoms with Gasteiger partial charge >= 0.3 is 0 Å². The van der Waals surface area contributed by atoms with Crippen molar-refractivity contribution in [2.75, 3.05) is 0 Å². The summed E-state index contributed by atoms with van der Waals surface area (Å²) in [4.78, 5) is 0. The van der Waals surface area contributed by atoms with E-state index >= 15 is 0 Å². The molecule has 0 aliphatic rings. The van der Waals surface area contributed by atoms with Gasteiger partial charge in [0.2, 0.25) is 0 Å². The molecule has 140 valence electrons. The molecule has 0 fully saturated rings. The Morgan fingerprint density at radius 2 is 1.61 bits per heavy atom. The summed E-state index contributed by atoms with van der Waals surface area (Å²) in [5, 5.41) is 4.14. The van der Waals surface area contributed by atoms with Crippen molar-refractivity contribution in [3.8, 4) is 11.3 Å². The average Bonchev–Trinajstić information content (AvgIpc) is 3.18. The number of nitrogens with zero attached hydrogens (tertiary/aromatic N) is 1.